The number of halogens is 1. The van der Waals surface area contributed by atoms with Gasteiger partial charge >= 0.3 is 0 Å². The lowest BCUT2D eigenvalue weighted by Crippen LogP contribution is -2.01. The minimum Gasteiger partial charge on any atom is -0.302 e. The van der Waals surface area contributed by atoms with Crippen molar-refractivity contribution in [2.45, 2.75) is 18.2 Å². The molecule has 1 fully saturated rings. The molecule has 0 spiro atoms. The maximum atomic E-state index is 4.38. The van der Waals surface area contributed by atoms with Crippen molar-refractivity contribution < 1.29 is 0 Å². The molecule has 3 heterocycles. The van der Waals surface area contributed by atoms with Crippen LogP contribution < -0.4 is 0 Å². The van der Waals surface area contributed by atoms with Crippen LogP contribution in [0.1, 0.15) is 18.2 Å². The molecule has 1 aliphatic heterocycles. The third-order valence-electron chi connectivity index (χ3n) is 2.53. The molecule has 0 saturated carbocycles. The maximum Gasteiger partial charge on any atom is 0.165 e. The fraction of sp³-hybridized carbons (Fsp3) is 0.444. The van der Waals surface area contributed by atoms with Gasteiger partial charge in [-0.05, 0) is 41.2 Å². The molecule has 0 N–H and O–H groups in total. The van der Waals surface area contributed by atoms with Crippen LogP contribution in [0, 0.1) is 3.70 Å². The highest BCUT2D eigenvalue weighted by molar-refractivity contribution is 14.1. The molecule has 0 radical (unpaired) electrons. The zero-order valence-corrected chi connectivity index (χ0v) is 10.9. The Balaban J connectivity index is 2.15. The van der Waals surface area contributed by atoms with Gasteiger partial charge in [0.15, 0.2) is 5.65 Å². The van der Waals surface area contributed by atoms with Crippen LogP contribution in [0.3, 0.4) is 0 Å². The average molecular weight is 332 g/mol. The molecular formula is C9H9IN4S. The molecule has 1 saturated heterocycles. The first-order chi connectivity index (χ1) is 7.36. The minimum atomic E-state index is 0.515. The molecular weight excluding hydrogens is 323 g/mol. The van der Waals surface area contributed by atoms with E-state index in [9.17, 15) is 0 Å². The summed E-state index contributed by atoms with van der Waals surface area (Å²) in [5, 5.41) is 0.515. The summed E-state index contributed by atoms with van der Waals surface area (Å²) in [4.78, 5) is 12.8. The Hall–Kier alpha value is -0.370. The summed E-state index contributed by atoms with van der Waals surface area (Å²) < 4.78 is 3.11. The van der Waals surface area contributed by atoms with Gasteiger partial charge in [-0.1, -0.05) is 0 Å². The molecule has 0 aliphatic carbocycles. The van der Waals surface area contributed by atoms with E-state index in [-0.39, 0.29) is 0 Å². The van der Waals surface area contributed by atoms with Crippen LogP contribution in [0.2, 0.25) is 0 Å². The average Bonchev–Trinajstić information content (AvgIpc) is 2.85. The topological polar surface area (TPSA) is 43.6 Å². The fourth-order valence-electron chi connectivity index (χ4n) is 1.81. The van der Waals surface area contributed by atoms with Crippen molar-refractivity contribution in [3.63, 3.8) is 0 Å². The normalized spacial score (nSPS) is 21.3. The van der Waals surface area contributed by atoms with Gasteiger partial charge in [0.05, 0.1) is 11.7 Å². The van der Waals surface area contributed by atoms with E-state index in [1.165, 1.54) is 18.6 Å². The Kier molecular flexibility index (Phi) is 2.55. The van der Waals surface area contributed by atoms with Gasteiger partial charge in [0.1, 0.15) is 15.5 Å². The van der Waals surface area contributed by atoms with E-state index in [0.717, 1.165) is 14.9 Å². The third kappa shape index (κ3) is 1.63. The number of nitrogens with zero attached hydrogens (tertiary/aromatic N) is 4. The fourth-order valence-corrected chi connectivity index (χ4v) is 3.57. The van der Waals surface area contributed by atoms with Gasteiger partial charge in [-0.2, -0.15) is 0 Å². The van der Waals surface area contributed by atoms with Crippen LogP contribution >= 0.6 is 34.4 Å². The first-order valence-corrected chi connectivity index (χ1v) is 6.93. The Bertz CT molecular complexity index is 492. The number of aromatic nitrogens is 4. The summed E-state index contributed by atoms with van der Waals surface area (Å²) in [5.41, 5.74) is 1.89. The van der Waals surface area contributed by atoms with E-state index in [1.807, 2.05) is 18.1 Å². The number of thioether (sulfide) groups is 1. The molecule has 2 aromatic heterocycles. The second kappa shape index (κ2) is 3.89. The number of hydrogen-bond acceptors (Lipinski definition) is 4. The van der Waals surface area contributed by atoms with E-state index in [2.05, 4.69) is 42.1 Å². The lowest BCUT2D eigenvalue weighted by molar-refractivity contribution is 0.654. The summed E-state index contributed by atoms with van der Waals surface area (Å²) in [6.07, 6.45) is 6.01. The SMILES string of the molecule is Ic1ncnc2c1ncn2[C@@H]1CCCS1. The molecule has 0 aromatic carbocycles. The van der Waals surface area contributed by atoms with Gasteiger partial charge in [0, 0.05) is 0 Å². The van der Waals surface area contributed by atoms with Crippen LogP contribution in [-0.4, -0.2) is 25.3 Å². The van der Waals surface area contributed by atoms with Crippen LogP contribution in [0.5, 0.6) is 0 Å². The summed E-state index contributed by atoms with van der Waals surface area (Å²) in [7, 11) is 0. The number of hydrogen-bond donors (Lipinski definition) is 0. The van der Waals surface area contributed by atoms with E-state index < -0.39 is 0 Å². The predicted octanol–water partition coefficient (Wildman–Crippen LogP) is 2.46. The molecule has 3 rings (SSSR count). The molecule has 15 heavy (non-hydrogen) atoms. The highest BCUT2D eigenvalue weighted by Gasteiger charge is 2.20. The molecule has 78 valence electrons. The second-order valence-electron chi connectivity index (χ2n) is 3.46. The van der Waals surface area contributed by atoms with Crippen molar-refractivity contribution in [3.05, 3.63) is 16.4 Å². The zero-order valence-electron chi connectivity index (χ0n) is 7.93. The van der Waals surface area contributed by atoms with Crippen molar-refractivity contribution in [3.8, 4) is 0 Å². The molecule has 1 atom stereocenters. The molecule has 0 bridgehead atoms. The monoisotopic (exact) mass is 332 g/mol. The number of fused-ring (bicyclic) bond motifs is 1. The smallest absolute Gasteiger partial charge is 0.165 e. The van der Waals surface area contributed by atoms with E-state index in [1.54, 1.807) is 6.33 Å². The largest absolute Gasteiger partial charge is 0.302 e. The molecule has 4 nitrogen and oxygen atoms in total. The Morgan fingerprint density at radius 1 is 1.40 bits per heavy atom. The van der Waals surface area contributed by atoms with Gasteiger partial charge in [-0.25, -0.2) is 15.0 Å². The van der Waals surface area contributed by atoms with Crippen LogP contribution in [0.4, 0.5) is 0 Å². The highest BCUT2D eigenvalue weighted by atomic mass is 127. The number of rotatable bonds is 1. The lowest BCUT2D eigenvalue weighted by atomic mass is 10.3. The standard InChI is InChI=1S/C9H9IN4S/c10-8-7-9(12-4-11-8)14(5-13-7)6-2-1-3-15-6/h4-6H,1-3H2/t6-/m0/s1. The van der Waals surface area contributed by atoms with Crippen LogP contribution in [-0.2, 0) is 0 Å². The van der Waals surface area contributed by atoms with Crippen molar-refractivity contribution >= 4 is 45.5 Å². The van der Waals surface area contributed by atoms with E-state index in [0.29, 0.717) is 5.37 Å². The summed E-state index contributed by atoms with van der Waals surface area (Å²) in [6, 6.07) is 0. The summed E-state index contributed by atoms with van der Waals surface area (Å²) in [5.74, 6) is 1.24. The Morgan fingerprint density at radius 3 is 3.13 bits per heavy atom. The Labute approximate surface area is 105 Å². The Morgan fingerprint density at radius 2 is 2.33 bits per heavy atom. The van der Waals surface area contributed by atoms with E-state index >= 15 is 0 Å². The minimum absolute atomic E-state index is 0.515. The van der Waals surface area contributed by atoms with Gasteiger partial charge < -0.3 is 4.57 Å². The summed E-state index contributed by atoms with van der Waals surface area (Å²) >= 11 is 4.18. The molecule has 2 aromatic rings. The quantitative estimate of drug-likeness (QED) is 0.594. The van der Waals surface area contributed by atoms with Crippen LogP contribution in [0.25, 0.3) is 11.2 Å². The molecule has 6 heteroatoms. The van der Waals surface area contributed by atoms with Crippen molar-refractivity contribution in [1.82, 2.24) is 19.5 Å². The first-order valence-electron chi connectivity index (χ1n) is 4.81. The zero-order chi connectivity index (χ0) is 10.3. The third-order valence-corrected chi connectivity index (χ3v) is 4.69. The lowest BCUT2D eigenvalue weighted by Gasteiger charge is -2.10. The van der Waals surface area contributed by atoms with Gasteiger partial charge in [-0.15, -0.1) is 11.8 Å². The van der Waals surface area contributed by atoms with Crippen molar-refractivity contribution in [2.75, 3.05) is 5.75 Å². The molecule has 0 amide bonds. The maximum absolute atomic E-state index is 4.38. The first kappa shape index (κ1) is 9.83. The van der Waals surface area contributed by atoms with Gasteiger partial charge in [0.2, 0.25) is 0 Å². The van der Waals surface area contributed by atoms with Crippen molar-refractivity contribution in [2.24, 2.45) is 0 Å². The highest BCUT2D eigenvalue weighted by Crippen LogP contribution is 2.37. The summed E-state index contributed by atoms with van der Waals surface area (Å²) in [6.45, 7) is 0. The predicted molar refractivity (Wildman–Crippen MR) is 68.8 cm³/mol. The molecule has 0 unspecified atom stereocenters. The van der Waals surface area contributed by atoms with Crippen LogP contribution in [0.15, 0.2) is 12.7 Å². The van der Waals surface area contributed by atoms with Gasteiger partial charge in [0.25, 0.3) is 0 Å². The second-order valence-corrected chi connectivity index (χ2v) is 5.76. The van der Waals surface area contributed by atoms with Crippen molar-refractivity contribution in [1.29, 1.82) is 0 Å². The number of imidazole rings is 1. The molecule has 1 aliphatic rings. The van der Waals surface area contributed by atoms with E-state index in [4.69, 9.17) is 0 Å². The van der Waals surface area contributed by atoms with Gasteiger partial charge in [-0.3, -0.25) is 0 Å².